The number of benzene rings is 1. The number of anilines is 1. The lowest BCUT2D eigenvalue weighted by atomic mass is 10.1. The fraction of sp³-hybridized carbons (Fsp3) is 0.360. The summed E-state index contributed by atoms with van der Waals surface area (Å²) in [7, 11) is 4.03. The molecule has 0 fully saturated rings. The molecule has 0 unspecified atom stereocenters. The minimum absolute atomic E-state index is 0.0963. The molecular formula is C25H29N5O3S. The number of nitrogens with one attached hydrogen (secondary N) is 1. The van der Waals surface area contributed by atoms with Gasteiger partial charge in [-0.15, -0.1) is 11.3 Å². The van der Waals surface area contributed by atoms with Crippen LogP contribution in [0.5, 0.6) is 5.75 Å². The monoisotopic (exact) mass is 479 g/mol. The molecule has 0 bridgehead atoms. The Hall–Kier alpha value is -3.30. The number of amides is 2. The second-order valence-electron chi connectivity index (χ2n) is 8.83. The van der Waals surface area contributed by atoms with E-state index in [0.29, 0.717) is 23.7 Å². The molecule has 0 saturated carbocycles. The van der Waals surface area contributed by atoms with E-state index in [0.717, 1.165) is 38.5 Å². The van der Waals surface area contributed by atoms with E-state index in [1.807, 2.05) is 64.0 Å². The maximum atomic E-state index is 12.6. The first-order chi connectivity index (χ1) is 16.2. The molecule has 0 radical (unpaired) electrons. The van der Waals surface area contributed by atoms with Gasteiger partial charge < -0.3 is 14.5 Å². The molecule has 9 heteroatoms. The second kappa shape index (κ2) is 9.52. The first-order valence-electron chi connectivity index (χ1n) is 11.2. The summed E-state index contributed by atoms with van der Waals surface area (Å²) in [4.78, 5) is 39.7. The summed E-state index contributed by atoms with van der Waals surface area (Å²) in [6.45, 7) is 9.14. The molecule has 3 aromatic rings. The van der Waals surface area contributed by atoms with Crippen LogP contribution in [0.2, 0.25) is 0 Å². The Balaban J connectivity index is 1.74. The van der Waals surface area contributed by atoms with Crippen molar-refractivity contribution < 1.29 is 14.3 Å². The van der Waals surface area contributed by atoms with Gasteiger partial charge in [-0.1, -0.05) is 0 Å². The number of thiophene rings is 1. The van der Waals surface area contributed by atoms with Gasteiger partial charge in [-0.2, -0.15) is 0 Å². The van der Waals surface area contributed by atoms with Gasteiger partial charge in [0.15, 0.2) is 0 Å². The molecule has 0 saturated heterocycles. The lowest BCUT2D eigenvalue weighted by Gasteiger charge is -2.28. The summed E-state index contributed by atoms with van der Waals surface area (Å²) in [6, 6.07) is 7.95. The van der Waals surface area contributed by atoms with Gasteiger partial charge in [0.25, 0.3) is 11.8 Å². The van der Waals surface area contributed by atoms with Gasteiger partial charge >= 0.3 is 0 Å². The Kier molecular flexibility index (Phi) is 6.67. The molecule has 1 N–H and O–H groups in total. The number of carbonyl (C=O) groups is 2. The number of carbonyl (C=O) groups excluding carboxylic acids is 2. The number of imide groups is 1. The van der Waals surface area contributed by atoms with E-state index < -0.39 is 5.91 Å². The Bertz CT molecular complexity index is 1280. The number of ether oxygens (including phenoxy) is 1. The number of aromatic nitrogens is 2. The predicted molar refractivity (Wildman–Crippen MR) is 135 cm³/mol. The highest BCUT2D eigenvalue weighted by atomic mass is 32.1. The van der Waals surface area contributed by atoms with Gasteiger partial charge in [0.05, 0.1) is 5.39 Å². The molecule has 34 heavy (non-hydrogen) atoms. The van der Waals surface area contributed by atoms with Crippen LogP contribution in [0.1, 0.15) is 26.3 Å². The van der Waals surface area contributed by atoms with Crippen LogP contribution in [-0.2, 0) is 9.59 Å². The maximum Gasteiger partial charge on any atom is 0.275 e. The molecule has 0 atom stereocenters. The molecular weight excluding hydrogens is 450 g/mol. The van der Waals surface area contributed by atoms with E-state index in [1.54, 1.807) is 18.3 Å². The Labute approximate surface area is 203 Å². The Morgan fingerprint density at radius 3 is 2.35 bits per heavy atom. The highest BCUT2D eigenvalue weighted by molar-refractivity contribution is 7.22. The van der Waals surface area contributed by atoms with Crippen molar-refractivity contribution in [1.29, 1.82) is 0 Å². The van der Waals surface area contributed by atoms with E-state index in [2.05, 4.69) is 20.2 Å². The molecule has 8 nitrogen and oxygen atoms in total. The van der Waals surface area contributed by atoms with Crippen molar-refractivity contribution in [1.82, 2.24) is 20.2 Å². The quantitative estimate of drug-likeness (QED) is 0.492. The number of rotatable bonds is 8. The van der Waals surface area contributed by atoms with Crippen LogP contribution < -0.4 is 15.0 Å². The van der Waals surface area contributed by atoms with Crippen LogP contribution in [0.3, 0.4) is 0 Å². The SMILES string of the molecule is CC1=C(N(c2ncnc3sc(-c4ccc(OCCN(C)C)cc4)c(C)c23)C(C)C)C(=O)NC1=O. The number of aryl methyl sites for hydroxylation is 1. The third kappa shape index (κ3) is 4.41. The van der Waals surface area contributed by atoms with Crippen molar-refractivity contribution in [3.05, 3.63) is 47.4 Å². The zero-order valence-corrected chi connectivity index (χ0v) is 21.1. The second-order valence-corrected chi connectivity index (χ2v) is 9.83. The molecule has 2 aromatic heterocycles. The van der Waals surface area contributed by atoms with Crippen LogP contribution in [0.15, 0.2) is 41.9 Å². The molecule has 1 aliphatic heterocycles. The molecule has 4 rings (SSSR count). The number of hydrogen-bond donors (Lipinski definition) is 1. The average Bonchev–Trinajstić information content (AvgIpc) is 3.25. The summed E-state index contributed by atoms with van der Waals surface area (Å²) in [6.07, 6.45) is 1.51. The Morgan fingerprint density at radius 1 is 1.06 bits per heavy atom. The van der Waals surface area contributed by atoms with Crippen molar-refractivity contribution in [3.8, 4) is 16.2 Å². The fourth-order valence-electron chi connectivity index (χ4n) is 3.99. The summed E-state index contributed by atoms with van der Waals surface area (Å²) in [5.41, 5.74) is 2.83. The summed E-state index contributed by atoms with van der Waals surface area (Å²) >= 11 is 1.58. The molecule has 178 valence electrons. The standard InChI is InChI=1S/C25H29N5O3S/c1-14(2)30(20-16(4)23(31)28-24(20)32)22-19-15(3)21(34-25(19)27-13-26-22)17-7-9-18(10-8-17)33-12-11-29(5)6/h7-10,13-14H,11-12H2,1-6H3,(H,28,31,32). The highest BCUT2D eigenvalue weighted by Crippen LogP contribution is 2.42. The molecule has 2 amide bonds. The van der Waals surface area contributed by atoms with E-state index in [9.17, 15) is 9.59 Å². The van der Waals surface area contributed by atoms with Crippen LogP contribution in [-0.4, -0.2) is 60.0 Å². The third-order valence-electron chi connectivity index (χ3n) is 5.75. The molecule has 1 aliphatic rings. The maximum absolute atomic E-state index is 12.6. The van der Waals surface area contributed by atoms with E-state index in [4.69, 9.17) is 4.74 Å². The zero-order chi connectivity index (χ0) is 24.6. The number of likely N-dealkylation sites (N-methyl/N-ethyl adjacent to an activating group) is 1. The first-order valence-corrected chi connectivity index (χ1v) is 12.0. The van der Waals surface area contributed by atoms with Crippen molar-refractivity contribution in [2.75, 3.05) is 32.1 Å². The van der Waals surface area contributed by atoms with Crippen LogP contribution in [0.4, 0.5) is 5.82 Å². The Morgan fingerprint density at radius 2 is 1.76 bits per heavy atom. The highest BCUT2D eigenvalue weighted by Gasteiger charge is 2.35. The number of hydrogen-bond acceptors (Lipinski definition) is 8. The summed E-state index contributed by atoms with van der Waals surface area (Å²) in [5, 5.41) is 3.28. The van der Waals surface area contributed by atoms with Gasteiger partial charge in [0, 0.05) is 23.0 Å². The lowest BCUT2D eigenvalue weighted by Crippen LogP contribution is -2.36. The van der Waals surface area contributed by atoms with E-state index >= 15 is 0 Å². The molecule has 1 aromatic carbocycles. The lowest BCUT2D eigenvalue weighted by molar-refractivity contribution is -0.124. The van der Waals surface area contributed by atoms with Gasteiger partial charge in [-0.25, -0.2) is 9.97 Å². The average molecular weight is 480 g/mol. The van der Waals surface area contributed by atoms with Crippen molar-refractivity contribution in [3.63, 3.8) is 0 Å². The largest absolute Gasteiger partial charge is 0.492 e. The van der Waals surface area contributed by atoms with Crippen molar-refractivity contribution >= 4 is 39.2 Å². The number of nitrogens with zero attached hydrogens (tertiary/aromatic N) is 4. The third-order valence-corrected chi connectivity index (χ3v) is 7.00. The van der Waals surface area contributed by atoms with Crippen molar-refractivity contribution in [2.45, 2.75) is 33.7 Å². The molecule has 0 aliphatic carbocycles. The van der Waals surface area contributed by atoms with Crippen LogP contribution in [0, 0.1) is 6.92 Å². The van der Waals surface area contributed by atoms with Gasteiger partial charge in [0.2, 0.25) is 0 Å². The zero-order valence-electron chi connectivity index (χ0n) is 20.3. The smallest absolute Gasteiger partial charge is 0.275 e. The van der Waals surface area contributed by atoms with E-state index in [1.165, 1.54) is 6.33 Å². The van der Waals surface area contributed by atoms with Crippen molar-refractivity contribution in [2.24, 2.45) is 0 Å². The normalized spacial score (nSPS) is 14.0. The first kappa shape index (κ1) is 23.8. The van der Waals surface area contributed by atoms with Gasteiger partial charge in [0.1, 0.15) is 35.0 Å². The van der Waals surface area contributed by atoms with Gasteiger partial charge in [-0.3, -0.25) is 14.9 Å². The minimum Gasteiger partial charge on any atom is -0.492 e. The molecule has 3 heterocycles. The number of fused-ring (bicyclic) bond motifs is 1. The van der Waals surface area contributed by atoms with Gasteiger partial charge in [-0.05, 0) is 77.2 Å². The molecule has 0 spiro atoms. The van der Waals surface area contributed by atoms with E-state index in [-0.39, 0.29) is 11.9 Å². The predicted octanol–water partition coefficient (Wildman–Crippen LogP) is 3.75. The van der Waals surface area contributed by atoms with Crippen LogP contribution in [0.25, 0.3) is 20.7 Å². The minimum atomic E-state index is -0.402. The van der Waals surface area contributed by atoms with Crippen LogP contribution >= 0.6 is 11.3 Å². The fourth-order valence-corrected chi connectivity index (χ4v) is 5.14. The summed E-state index contributed by atoms with van der Waals surface area (Å²) < 4.78 is 5.82. The summed E-state index contributed by atoms with van der Waals surface area (Å²) in [5.74, 6) is 0.686. The topological polar surface area (TPSA) is 87.7 Å².